The molecule has 0 saturated heterocycles. The molecule has 0 fully saturated rings. The molecular weight excluding hydrogens is 351 g/mol. The number of alkyl halides is 3. The van der Waals surface area contributed by atoms with Crippen LogP contribution in [0.4, 0.5) is 13.2 Å². The van der Waals surface area contributed by atoms with Gasteiger partial charge in [-0.2, -0.15) is 17.5 Å². The number of carbonyl (C=O) groups excluding carboxylic acids is 1. The molecule has 0 unspecified atom stereocenters. The number of hydrogen-bond donors (Lipinski definition) is 0. The van der Waals surface area contributed by atoms with E-state index in [-0.39, 0.29) is 23.8 Å². The third-order valence-corrected chi connectivity index (χ3v) is 4.31. The molecular formula is C18H12F3NO2S. The lowest BCUT2D eigenvalue weighted by atomic mass is 10.1. The first-order chi connectivity index (χ1) is 12.0. The van der Waals surface area contributed by atoms with Crippen LogP contribution in [0.25, 0.3) is 11.3 Å². The van der Waals surface area contributed by atoms with Crippen LogP contribution < -0.4 is 0 Å². The molecule has 0 amide bonds. The number of benzene rings is 2. The molecule has 3 aromatic rings. The van der Waals surface area contributed by atoms with E-state index in [1.807, 2.05) is 0 Å². The molecule has 1 heterocycles. The van der Waals surface area contributed by atoms with Gasteiger partial charge in [-0.05, 0) is 17.1 Å². The van der Waals surface area contributed by atoms with E-state index in [1.54, 1.807) is 60.7 Å². The van der Waals surface area contributed by atoms with Gasteiger partial charge < -0.3 is 4.74 Å². The van der Waals surface area contributed by atoms with E-state index >= 15 is 0 Å². The van der Waals surface area contributed by atoms with Crippen molar-refractivity contribution in [3.05, 3.63) is 76.7 Å². The Hall–Kier alpha value is -2.67. The first-order valence-electron chi connectivity index (χ1n) is 7.30. The quantitative estimate of drug-likeness (QED) is 0.599. The van der Waals surface area contributed by atoms with Crippen LogP contribution in [0.5, 0.6) is 0 Å². The molecule has 0 saturated carbocycles. The van der Waals surface area contributed by atoms with Gasteiger partial charge in [-0.3, -0.25) is 0 Å². The average Bonchev–Trinajstić information content (AvgIpc) is 3.07. The topological polar surface area (TPSA) is 39.2 Å². The molecule has 2 aromatic carbocycles. The first kappa shape index (κ1) is 17.2. The maximum absolute atomic E-state index is 13.3. The molecule has 0 aliphatic heterocycles. The monoisotopic (exact) mass is 363 g/mol. The number of aromatic nitrogens is 1. The molecule has 1 aromatic heterocycles. The van der Waals surface area contributed by atoms with Gasteiger partial charge in [0.15, 0.2) is 0 Å². The third kappa shape index (κ3) is 3.88. The molecule has 0 bridgehead atoms. The highest BCUT2D eigenvalue weighted by atomic mass is 32.1. The zero-order chi connectivity index (χ0) is 17.9. The minimum atomic E-state index is -4.67. The number of hydrogen-bond acceptors (Lipinski definition) is 4. The van der Waals surface area contributed by atoms with Crippen molar-refractivity contribution in [2.75, 3.05) is 0 Å². The average molecular weight is 363 g/mol. The third-order valence-electron chi connectivity index (χ3n) is 3.41. The van der Waals surface area contributed by atoms with Gasteiger partial charge in [0, 0.05) is 5.56 Å². The van der Waals surface area contributed by atoms with Crippen molar-refractivity contribution in [1.82, 2.24) is 4.37 Å². The fourth-order valence-electron chi connectivity index (χ4n) is 2.26. The minimum absolute atomic E-state index is 0.0176. The SMILES string of the molecule is O=C(OCc1ccccc1)c1c(-c2ccccc2)nsc1C(F)(F)F. The van der Waals surface area contributed by atoms with Crippen LogP contribution in [0, 0.1) is 0 Å². The van der Waals surface area contributed by atoms with Gasteiger partial charge in [0.2, 0.25) is 0 Å². The zero-order valence-corrected chi connectivity index (χ0v) is 13.6. The molecule has 0 spiro atoms. The van der Waals surface area contributed by atoms with Gasteiger partial charge in [0.05, 0.1) is 5.69 Å². The first-order valence-corrected chi connectivity index (χ1v) is 8.07. The van der Waals surface area contributed by atoms with E-state index in [0.717, 1.165) is 0 Å². The van der Waals surface area contributed by atoms with Crippen molar-refractivity contribution in [3.63, 3.8) is 0 Å². The number of halogens is 3. The Balaban J connectivity index is 1.95. The predicted molar refractivity (Wildman–Crippen MR) is 88.1 cm³/mol. The van der Waals surface area contributed by atoms with Crippen LogP contribution in [0.1, 0.15) is 20.8 Å². The smallest absolute Gasteiger partial charge is 0.428 e. The molecule has 0 N–H and O–H groups in total. The second-order valence-corrected chi connectivity index (χ2v) is 5.93. The Labute approximate surface area is 145 Å². The summed E-state index contributed by atoms with van der Waals surface area (Å²) in [5, 5.41) is 0. The van der Waals surface area contributed by atoms with Crippen molar-refractivity contribution < 1.29 is 22.7 Å². The summed E-state index contributed by atoms with van der Waals surface area (Å²) in [4.78, 5) is 11.3. The molecule has 25 heavy (non-hydrogen) atoms. The van der Waals surface area contributed by atoms with Crippen LogP contribution in [0.3, 0.4) is 0 Å². The zero-order valence-electron chi connectivity index (χ0n) is 12.8. The van der Waals surface area contributed by atoms with Gasteiger partial charge in [0.25, 0.3) is 0 Å². The van der Waals surface area contributed by atoms with E-state index in [1.165, 1.54) is 0 Å². The van der Waals surface area contributed by atoms with E-state index < -0.39 is 22.6 Å². The van der Waals surface area contributed by atoms with E-state index in [0.29, 0.717) is 11.1 Å². The number of nitrogens with zero attached hydrogens (tertiary/aromatic N) is 1. The summed E-state index contributed by atoms with van der Waals surface area (Å²) < 4.78 is 48.7. The maximum Gasteiger partial charge on any atom is 0.428 e. The highest BCUT2D eigenvalue weighted by molar-refractivity contribution is 7.06. The van der Waals surface area contributed by atoms with Crippen LogP contribution in [-0.4, -0.2) is 10.3 Å². The highest BCUT2D eigenvalue weighted by Crippen LogP contribution is 2.40. The summed E-state index contributed by atoms with van der Waals surface area (Å²) >= 11 is 0.252. The standard InChI is InChI=1S/C18H12F3NO2S/c19-18(20,21)16-14(15(22-25-16)13-9-5-2-6-10-13)17(23)24-11-12-7-3-1-4-8-12/h1-10H,11H2. The number of esters is 1. The number of ether oxygens (including phenoxy) is 1. The summed E-state index contributed by atoms with van der Waals surface area (Å²) in [6, 6.07) is 17.0. The van der Waals surface area contributed by atoms with Crippen molar-refractivity contribution >= 4 is 17.5 Å². The highest BCUT2D eigenvalue weighted by Gasteiger charge is 2.40. The molecule has 3 nitrogen and oxygen atoms in total. The van der Waals surface area contributed by atoms with E-state index in [2.05, 4.69) is 4.37 Å². The Morgan fingerprint density at radius 2 is 1.60 bits per heavy atom. The Kier molecular flexibility index (Phi) is 4.85. The summed E-state index contributed by atoms with van der Waals surface area (Å²) in [6.07, 6.45) is -4.67. The molecule has 0 aliphatic rings. The lowest BCUT2D eigenvalue weighted by Gasteiger charge is -2.09. The second kappa shape index (κ2) is 7.06. The Morgan fingerprint density at radius 1 is 1.00 bits per heavy atom. The Morgan fingerprint density at radius 3 is 2.20 bits per heavy atom. The summed E-state index contributed by atoms with van der Waals surface area (Å²) in [6.45, 7) is -0.110. The number of carbonyl (C=O) groups is 1. The van der Waals surface area contributed by atoms with Crippen molar-refractivity contribution in [1.29, 1.82) is 0 Å². The van der Waals surface area contributed by atoms with Gasteiger partial charge in [-0.15, -0.1) is 0 Å². The molecule has 7 heteroatoms. The lowest BCUT2D eigenvalue weighted by molar-refractivity contribution is -0.134. The maximum atomic E-state index is 13.3. The summed E-state index contributed by atoms with van der Waals surface area (Å²) in [5.74, 6) is -1.04. The van der Waals surface area contributed by atoms with Gasteiger partial charge in [-0.25, -0.2) is 4.79 Å². The van der Waals surface area contributed by atoms with Crippen LogP contribution in [0.15, 0.2) is 60.7 Å². The second-order valence-electron chi connectivity index (χ2n) is 5.16. The molecule has 0 radical (unpaired) electrons. The minimum Gasteiger partial charge on any atom is -0.457 e. The van der Waals surface area contributed by atoms with Gasteiger partial charge >= 0.3 is 12.1 Å². The molecule has 0 aliphatic carbocycles. The van der Waals surface area contributed by atoms with Crippen molar-refractivity contribution in [2.45, 2.75) is 12.8 Å². The van der Waals surface area contributed by atoms with Gasteiger partial charge in [0.1, 0.15) is 17.0 Å². The fourth-order valence-corrected chi connectivity index (χ4v) is 3.02. The summed E-state index contributed by atoms with van der Waals surface area (Å²) in [5.41, 5.74) is 0.561. The largest absolute Gasteiger partial charge is 0.457 e. The predicted octanol–water partition coefficient (Wildman–Crippen LogP) is 5.19. The Bertz CT molecular complexity index is 861. The van der Waals surface area contributed by atoms with Crippen LogP contribution in [-0.2, 0) is 17.5 Å². The number of rotatable bonds is 4. The van der Waals surface area contributed by atoms with Crippen LogP contribution >= 0.6 is 11.5 Å². The van der Waals surface area contributed by atoms with E-state index in [4.69, 9.17) is 4.74 Å². The normalized spacial score (nSPS) is 11.3. The van der Waals surface area contributed by atoms with Crippen molar-refractivity contribution in [3.8, 4) is 11.3 Å². The molecule has 0 atom stereocenters. The fraction of sp³-hybridized carbons (Fsp3) is 0.111. The van der Waals surface area contributed by atoms with Crippen molar-refractivity contribution in [2.24, 2.45) is 0 Å². The van der Waals surface area contributed by atoms with E-state index in [9.17, 15) is 18.0 Å². The summed E-state index contributed by atoms with van der Waals surface area (Å²) in [7, 11) is 0. The van der Waals surface area contributed by atoms with Crippen LogP contribution in [0.2, 0.25) is 0 Å². The molecule has 3 rings (SSSR count). The lowest BCUT2D eigenvalue weighted by Crippen LogP contribution is -2.13. The van der Waals surface area contributed by atoms with Gasteiger partial charge in [-0.1, -0.05) is 60.7 Å². The molecule has 128 valence electrons.